The number of carbonyl (C=O) groups is 1. The molecule has 1 saturated heterocycles. The molecule has 0 radical (unpaired) electrons. The third-order valence-corrected chi connectivity index (χ3v) is 3.45. The molecule has 0 bridgehead atoms. The zero-order valence-corrected chi connectivity index (χ0v) is 11.3. The number of nitro benzene ring substituents is 1. The number of benzene rings is 1. The molecule has 1 heterocycles. The molecule has 0 aliphatic carbocycles. The molecule has 7 nitrogen and oxygen atoms in total. The van der Waals surface area contributed by atoms with Gasteiger partial charge in [-0.05, 0) is 24.8 Å². The number of nitrogens with zero attached hydrogens (tertiary/aromatic N) is 1. The van der Waals surface area contributed by atoms with Crippen LogP contribution in [-0.4, -0.2) is 30.6 Å². The molecule has 0 aromatic heterocycles. The van der Waals surface area contributed by atoms with Crippen LogP contribution < -0.4 is 11.1 Å². The van der Waals surface area contributed by atoms with E-state index in [1.165, 1.54) is 0 Å². The van der Waals surface area contributed by atoms with Gasteiger partial charge in [-0.1, -0.05) is 0 Å². The highest BCUT2D eigenvalue weighted by Crippen LogP contribution is 2.24. The first-order chi connectivity index (χ1) is 9.99. The third-order valence-electron chi connectivity index (χ3n) is 3.45. The number of ether oxygens (including phenoxy) is 1. The van der Waals surface area contributed by atoms with Crippen LogP contribution >= 0.6 is 0 Å². The second-order valence-electron chi connectivity index (χ2n) is 4.91. The summed E-state index contributed by atoms with van der Waals surface area (Å²) in [6.45, 7) is 1.69. The van der Waals surface area contributed by atoms with Gasteiger partial charge in [0.25, 0.3) is 11.6 Å². The lowest BCUT2D eigenvalue weighted by Crippen LogP contribution is -2.32. The number of amides is 1. The van der Waals surface area contributed by atoms with Crippen molar-refractivity contribution < 1.29 is 18.8 Å². The van der Waals surface area contributed by atoms with Gasteiger partial charge >= 0.3 is 0 Å². The van der Waals surface area contributed by atoms with Crippen LogP contribution in [-0.2, 0) is 4.74 Å². The summed E-state index contributed by atoms with van der Waals surface area (Å²) in [6.07, 6.45) is 1.65. The van der Waals surface area contributed by atoms with Crippen molar-refractivity contribution in [2.24, 2.45) is 5.92 Å². The number of halogens is 1. The van der Waals surface area contributed by atoms with Gasteiger partial charge in [0.1, 0.15) is 5.56 Å². The minimum Gasteiger partial charge on any atom is -0.396 e. The van der Waals surface area contributed by atoms with Gasteiger partial charge in [-0.15, -0.1) is 0 Å². The number of nitrogens with two attached hydrogens (primary N) is 1. The monoisotopic (exact) mass is 297 g/mol. The van der Waals surface area contributed by atoms with Gasteiger partial charge in [-0.2, -0.15) is 0 Å². The Morgan fingerprint density at radius 2 is 2.14 bits per heavy atom. The molecule has 1 amide bonds. The Bertz CT molecular complexity index is 559. The highest BCUT2D eigenvalue weighted by molar-refractivity contribution is 5.99. The zero-order valence-electron chi connectivity index (χ0n) is 11.3. The van der Waals surface area contributed by atoms with Crippen molar-refractivity contribution in [2.45, 2.75) is 12.8 Å². The van der Waals surface area contributed by atoms with Gasteiger partial charge < -0.3 is 15.8 Å². The number of anilines is 1. The van der Waals surface area contributed by atoms with Gasteiger partial charge in [0.15, 0.2) is 5.82 Å². The van der Waals surface area contributed by atoms with E-state index in [1.807, 2.05) is 0 Å². The molecule has 0 spiro atoms. The lowest BCUT2D eigenvalue weighted by molar-refractivity contribution is -0.385. The van der Waals surface area contributed by atoms with Crippen LogP contribution in [0.4, 0.5) is 15.8 Å². The Morgan fingerprint density at radius 3 is 2.76 bits per heavy atom. The molecule has 1 aromatic rings. The number of rotatable bonds is 4. The molecule has 21 heavy (non-hydrogen) atoms. The normalized spacial score (nSPS) is 15.7. The molecule has 1 aliphatic heterocycles. The van der Waals surface area contributed by atoms with Crippen LogP contribution in [0, 0.1) is 21.8 Å². The smallest absolute Gasteiger partial charge is 0.285 e. The van der Waals surface area contributed by atoms with Gasteiger partial charge in [-0.25, -0.2) is 4.39 Å². The van der Waals surface area contributed by atoms with E-state index >= 15 is 0 Å². The highest BCUT2D eigenvalue weighted by atomic mass is 19.1. The standard InChI is InChI=1S/C13H16FN3O4/c14-10-6-12(17(19)20)9(5-11(10)15)13(18)16-7-8-1-3-21-4-2-8/h5-6,8H,1-4,7,15H2,(H,16,18). The number of nitrogen functional groups attached to an aromatic ring is 1. The van der Waals surface area contributed by atoms with Crippen LogP contribution in [0.5, 0.6) is 0 Å². The minimum atomic E-state index is -0.914. The lowest BCUT2D eigenvalue weighted by Gasteiger charge is -2.22. The van der Waals surface area contributed by atoms with Crippen molar-refractivity contribution in [1.82, 2.24) is 5.32 Å². The van der Waals surface area contributed by atoms with Crippen molar-refractivity contribution >= 4 is 17.3 Å². The summed E-state index contributed by atoms with van der Waals surface area (Å²) < 4.78 is 18.5. The molecule has 8 heteroatoms. The predicted molar refractivity (Wildman–Crippen MR) is 73.3 cm³/mol. The Balaban J connectivity index is 2.10. The number of nitrogens with one attached hydrogen (secondary N) is 1. The zero-order chi connectivity index (χ0) is 15.4. The van der Waals surface area contributed by atoms with Crippen LogP contribution in [0.1, 0.15) is 23.2 Å². The van der Waals surface area contributed by atoms with Gasteiger partial charge in [0.05, 0.1) is 16.7 Å². The number of nitro groups is 1. The van der Waals surface area contributed by atoms with E-state index in [0.717, 1.165) is 18.9 Å². The molecular formula is C13H16FN3O4. The van der Waals surface area contributed by atoms with Crippen molar-refractivity contribution in [3.63, 3.8) is 0 Å². The Morgan fingerprint density at radius 1 is 1.48 bits per heavy atom. The second-order valence-corrected chi connectivity index (χ2v) is 4.91. The molecule has 2 rings (SSSR count). The maximum absolute atomic E-state index is 13.3. The van der Waals surface area contributed by atoms with Crippen LogP contribution in [0.3, 0.4) is 0 Å². The Hall–Kier alpha value is -2.22. The first-order valence-electron chi connectivity index (χ1n) is 6.58. The van der Waals surface area contributed by atoms with Crippen molar-refractivity contribution in [3.05, 3.63) is 33.6 Å². The quantitative estimate of drug-likeness (QED) is 0.497. The van der Waals surface area contributed by atoms with E-state index in [0.29, 0.717) is 25.8 Å². The Kier molecular flexibility index (Phi) is 4.69. The molecule has 3 N–H and O–H groups in total. The van der Waals surface area contributed by atoms with Gasteiger partial charge in [0.2, 0.25) is 0 Å². The van der Waals surface area contributed by atoms with E-state index in [9.17, 15) is 19.3 Å². The van der Waals surface area contributed by atoms with Gasteiger partial charge in [0, 0.05) is 19.8 Å². The molecule has 0 saturated carbocycles. The molecule has 1 aromatic carbocycles. The second kappa shape index (κ2) is 6.49. The summed E-state index contributed by atoms with van der Waals surface area (Å²) >= 11 is 0. The number of carbonyl (C=O) groups excluding carboxylic acids is 1. The lowest BCUT2D eigenvalue weighted by atomic mass is 10.0. The fourth-order valence-electron chi connectivity index (χ4n) is 2.20. The summed E-state index contributed by atoms with van der Waals surface area (Å²) in [6, 6.07) is 1.66. The average Bonchev–Trinajstić information content (AvgIpc) is 2.48. The fraction of sp³-hybridized carbons (Fsp3) is 0.462. The molecule has 1 fully saturated rings. The molecular weight excluding hydrogens is 281 g/mol. The van der Waals surface area contributed by atoms with Gasteiger partial charge in [-0.3, -0.25) is 14.9 Å². The molecule has 0 unspecified atom stereocenters. The average molecular weight is 297 g/mol. The van der Waals surface area contributed by atoms with Crippen LogP contribution in [0.15, 0.2) is 12.1 Å². The SMILES string of the molecule is Nc1cc(C(=O)NCC2CCOCC2)c([N+](=O)[O-])cc1F. The summed E-state index contributed by atoms with van der Waals surface area (Å²) in [5.41, 5.74) is 4.26. The topological polar surface area (TPSA) is 107 Å². The van der Waals surface area contributed by atoms with Crippen LogP contribution in [0.2, 0.25) is 0 Å². The summed E-state index contributed by atoms with van der Waals surface area (Å²) in [7, 11) is 0. The highest BCUT2D eigenvalue weighted by Gasteiger charge is 2.24. The molecule has 114 valence electrons. The summed E-state index contributed by atoms with van der Waals surface area (Å²) in [4.78, 5) is 22.1. The first kappa shape index (κ1) is 15.2. The molecule has 1 aliphatic rings. The van der Waals surface area contributed by atoms with Crippen molar-refractivity contribution in [3.8, 4) is 0 Å². The van der Waals surface area contributed by atoms with E-state index in [4.69, 9.17) is 10.5 Å². The largest absolute Gasteiger partial charge is 0.396 e. The summed E-state index contributed by atoms with van der Waals surface area (Å²) in [5.74, 6) is -1.26. The van der Waals surface area contributed by atoms with E-state index < -0.39 is 22.3 Å². The minimum absolute atomic E-state index is 0.231. The van der Waals surface area contributed by atoms with E-state index in [1.54, 1.807) is 0 Å². The predicted octanol–water partition coefficient (Wildman–Crippen LogP) is 1.47. The number of hydrogen-bond donors (Lipinski definition) is 2. The maximum Gasteiger partial charge on any atom is 0.285 e. The van der Waals surface area contributed by atoms with Crippen molar-refractivity contribution in [2.75, 3.05) is 25.5 Å². The molecule has 0 atom stereocenters. The number of hydrogen-bond acceptors (Lipinski definition) is 5. The first-order valence-corrected chi connectivity index (χ1v) is 6.58. The van der Waals surface area contributed by atoms with Crippen LogP contribution in [0.25, 0.3) is 0 Å². The van der Waals surface area contributed by atoms with Crippen molar-refractivity contribution in [1.29, 1.82) is 0 Å². The van der Waals surface area contributed by atoms with E-state index in [-0.39, 0.29) is 17.2 Å². The Labute approximate surface area is 120 Å². The third kappa shape index (κ3) is 3.66. The summed E-state index contributed by atoms with van der Waals surface area (Å²) in [5, 5.41) is 13.5. The van der Waals surface area contributed by atoms with E-state index in [2.05, 4.69) is 5.32 Å². The fourth-order valence-corrected chi connectivity index (χ4v) is 2.20. The maximum atomic E-state index is 13.3.